The molecule has 0 radical (unpaired) electrons. The van der Waals surface area contributed by atoms with Gasteiger partial charge >= 0.3 is 6.09 Å². The number of aliphatic hydroxyl groups is 1. The van der Waals surface area contributed by atoms with E-state index in [1.54, 1.807) is 6.07 Å². The third kappa shape index (κ3) is 3.50. The summed E-state index contributed by atoms with van der Waals surface area (Å²) in [7, 11) is 0. The third-order valence-corrected chi connectivity index (χ3v) is 9.25. The summed E-state index contributed by atoms with van der Waals surface area (Å²) in [5.41, 5.74) is 6.17. The highest BCUT2D eigenvalue weighted by Gasteiger charge is 2.45. The summed E-state index contributed by atoms with van der Waals surface area (Å²) in [6, 6.07) is 23.6. The second-order valence-electron chi connectivity index (χ2n) is 8.97. The van der Waals surface area contributed by atoms with Crippen LogP contribution in [0.5, 0.6) is 0 Å². The zero-order valence-electron chi connectivity index (χ0n) is 19.4. The highest BCUT2D eigenvalue weighted by Crippen LogP contribution is 2.46. The van der Waals surface area contributed by atoms with E-state index >= 15 is 0 Å². The topological polar surface area (TPSA) is 88.4 Å². The number of benzene rings is 3. The zero-order valence-corrected chi connectivity index (χ0v) is 21.0. The molecule has 1 amide bonds. The molecule has 3 heterocycles. The highest BCUT2D eigenvalue weighted by molar-refractivity contribution is 7.28. The lowest BCUT2D eigenvalue weighted by Crippen LogP contribution is -2.52. The summed E-state index contributed by atoms with van der Waals surface area (Å²) in [5, 5.41) is 10.0. The predicted molar refractivity (Wildman–Crippen MR) is 143 cm³/mol. The molecule has 7 nitrogen and oxygen atoms in total. The number of anilines is 1. The van der Waals surface area contributed by atoms with E-state index in [0.717, 1.165) is 44.9 Å². The molecule has 1 aromatic heterocycles. The van der Waals surface area contributed by atoms with Gasteiger partial charge in [0.05, 0.1) is 27.7 Å². The maximum Gasteiger partial charge on any atom is 0.416 e. The summed E-state index contributed by atoms with van der Waals surface area (Å²) >= 11 is 2.11. The largest absolute Gasteiger partial charge is 0.448 e. The van der Waals surface area contributed by atoms with Gasteiger partial charge in [0.2, 0.25) is 0 Å². The molecule has 3 aliphatic rings. The van der Waals surface area contributed by atoms with E-state index in [9.17, 15) is 14.7 Å². The van der Waals surface area contributed by atoms with Gasteiger partial charge < -0.3 is 14.6 Å². The molecule has 7 rings (SSSR count). The van der Waals surface area contributed by atoms with Gasteiger partial charge in [0.25, 0.3) is 4.06 Å². The Morgan fingerprint density at radius 3 is 2.38 bits per heavy atom. The molecule has 2 aliphatic heterocycles. The van der Waals surface area contributed by atoms with E-state index in [1.807, 2.05) is 42.5 Å². The summed E-state index contributed by atoms with van der Waals surface area (Å²) in [6.07, 6.45) is -2.22. The quantitative estimate of drug-likeness (QED) is 0.382. The Balaban J connectivity index is 1.24. The van der Waals surface area contributed by atoms with Crippen LogP contribution in [-0.2, 0) is 9.47 Å². The molecule has 0 saturated carbocycles. The van der Waals surface area contributed by atoms with Crippen LogP contribution < -0.4 is 8.96 Å². The van der Waals surface area contributed by atoms with Gasteiger partial charge in [-0.3, -0.25) is 4.79 Å². The van der Waals surface area contributed by atoms with Crippen LogP contribution in [0.4, 0.5) is 16.2 Å². The van der Waals surface area contributed by atoms with Crippen molar-refractivity contribution in [2.24, 2.45) is 4.99 Å². The van der Waals surface area contributed by atoms with Crippen molar-refractivity contribution < 1.29 is 19.4 Å². The van der Waals surface area contributed by atoms with Gasteiger partial charge in [-0.2, -0.15) is 0 Å². The lowest BCUT2D eigenvalue weighted by Gasteiger charge is -2.39. The molecule has 0 unspecified atom stereocenters. The number of carbonyl (C=O) groups is 1. The second kappa shape index (κ2) is 8.74. The summed E-state index contributed by atoms with van der Waals surface area (Å²) < 4.78 is 12.0. The normalized spacial score (nSPS) is 19.3. The Labute approximate surface area is 219 Å². The first-order valence-electron chi connectivity index (χ1n) is 11.9. The number of aliphatic hydroxyl groups excluding tert-OH is 1. The minimum Gasteiger partial charge on any atom is -0.448 e. The van der Waals surface area contributed by atoms with E-state index in [2.05, 4.69) is 24.3 Å². The average molecular weight is 529 g/mol. The van der Waals surface area contributed by atoms with E-state index in [0.29, 0.717) is 26.8 Å². The molecule has 0 fully saturated rings. The monoisotopic (exact) mass is 528 g/mol. The number of nitrogens with zero attached hydrogens (tertiary/aromatic N) is 2. The Morgan fingerprint density at radius 1 is 0.973 bits per heavy atom. The van der Waals surface area contributed by atoms with Gasteiger partial charge in [-0.05, 0) is 34.4 Å². The van der Waals surface area contributed by atoms with Crippen molar-refractivity contribution in [2.45, 2.75) is 18.2 Å². The lowest BCUT2D eigenvalue weighted by molar-refractivity contribution is -0.0159. The average Bonchev–Trinajstić information content (AvgIpc) is 3.48. The van der Waals surface area contributed by atoms with Crippen molar-refractivity contribution in [3.8, 4) is 11.1 Å². The van der Waals surface area contributed by atoms with Crippen LogP contribution in [0.3, 0.4) is 0 Å². The minimum absolute atomic E-state index is 0.0873. The first kappa shape index (κ1) is 22.6. The fourth-order valence-corrected chi connectivity index (χ4v) is 7.59. The van der Waals surface area contributed by atoms with Crippen molar-refractivity contribution >= 4 is 45.9 Å². The van der Waals surface area contributed by atoms with Crippen molar-refractivity contribution in [1.29, 1.82) is 0 Å². The van der Waals surface area contributed by atoms with Gasteiger partial charge in [0, 0.05) is 5.92 Å². The zero-order chi connectivity index (χ0) is 25.1. The van der Waals surface area contributed by atoms with Crippen LogP contribution in [0.2, 0.25) is 0 Å². The predicted octanol–water partition coefficient (Wildman–Crippen LogP) is 5.45. The first-order valence-corrected chi connectivity index (χ1v) is 13.5. The van der Waals surface area contributed by atoms with Gasteiger partial charge in [-0.25, -0.2) is 14.7 Å². The molecule has 1 N–H and O–H groups in total. The molecule has 0 spiro atoms. The van der Waals surface area contributed by atoms with E-state index in [1.165, 1.54) is 4.90 Å². The number of fused-ring (bicyclic) bond motifs is 7. The maximum atomic E-state index is 13.8. The van der Waals surface area contributed by atoms with Crippen molar-refractivity contribution in [3.05, 3.63) is 103 Å². The molecule has 1 aliphatic carbocycles. The number of ether oxygens (including phenoxy) is 2. The first-order chi connectivity index (χ1) is 18.1. The number of hydrogen-bond acceptors (Lipinski definition) is 8. The Hall–Kier alpha value is -3.63. The fourth-order valence-electron chi connectivity index (χ4n) is 5.37. The van der Waals surface area contributed by atoms with Crippen LogP contribution in [0.1, 0.15) is 32.9 Å². The molecular formula is C28H20N2O5S2. The van der Waals surface area contributed by atoms with Gasteiger partial charge in [-0.15, -0.1) is 0 Å². The number of hydrogen-bond donors (Lipinski definition) is 1. The molecule has 4 aromatic rings. The number of rotatable bonds is 3. The molecule has 37 heavy (non-hydrogen) atoms. The van der Waals surface area contributed by atoms with Crippen LogP contribution in [0, 0.1) is 0 Å². The fraction of sp³-hybridized carbons (Fsp3) is 0.179. The Kier molecular flexibility index (Phi) is 5.33. The highest BCUT2D eigenvalue weighted by atomic mass is 32.2. The summed E-state index contributed by atoms with van der Waals surface area (Å²) in [5.74, 6) is -0.0873. The standard InChI is InChI=1S/C28H20N2O5S2/c31-13-22-24-25(37-28(33)36-24)23-26(35-22)30(21-12-6-5-11-20(21)29-23)27(32)34-14-19-17-9-3-1-7-15(17)16-8-2-4-10-18(16)19/h1-12,19,22,26,31H,13-14H2/t22-,26+/m1/s1. The third-order valence-electron chi connectivity index (χ3n) is 6.97. The van der Waals surface area contributed by atoms with Crippen molar-refractivity contribution in [2.75, 3.05) is 18.1 Å². The molecule has 0 saturated heterocycles. The van der Waals surface area contributed by atoms with Gasteiger partial charge in [-0.1, -0.05) is 83.3 Å². The van der Waals surface area contributed by atoms with Crippen molar-refractivity contribution in [1.82, 2.24) is 0 Å². The number of aliphatic imine (C=N–C) groups is 1. The molecule has 2 atom stereocenters. The Morgan fingerprint density at radius 2 is 1.65 bits per heavy atom. The molecule has 3 aromatic carbocycles. The number of carbonyl (C=O) groups excluding carboxylic acids is 1. The van der Waals surface area contributed by atoms with Gasteiger partial charge in [0.15, 0.2) is 6.23 Å². The molecule has 9 heteroatoms. The summed E-state index contributed by atoms with van der Waals surface area (Å²) in [6.45, 7) is -0.158. The van der Waals surface area contributed by atoms with Crippen molar-refractivity contribution in [3.63, 3.8) is 0 Å². The lowest BCUT2D eigenvalue weighted by atomic mass is 9.98. The molecule has 184 valence electrons. The number of para-hydroxylation sites is 2. The molecule has 0 bridgehead atoms. The smallest absolute Gasteiger partial charge is 0.416 e. The second-order valence-corrected chi connectivity index (χ2v) is 11.2. The van der Waals surface area contributed by atoms with Crippen LogP contribution >= 0.6 is 22.7 Å². The van der Waals surface area contributed by atoms with Crippen LogP contribution in [0.25, 0.3) is 11.1 Å². The SMILES string of the molecule is O=C(OCC1c2ccccc2-c2ccccc21)N1c2ccccc2N=C2c3sc(=O)sc3[C@@H](CO)O[C@@H]21. The van der Waals surface area contributed by atoms with E-state index in [4.69, 9.17) is 14.5 Å². The maximum absolute atomic E-state index is 13.8. The van der Waals surface area contributed by atoms with E-state index in [-0.39, 0.29) is 23.2 Å². The van der Waals surface area contributed by atoms with E-state index < -0.39 is 18.4 Å². The van der Waals surface area contributed by atoms with Gasteiger partial charge in [0.1, 0.15) is 18.4 Å². The number of amides is 1. The summed E-state index contributed by atoms with van der Waals surface area (Å²) in [4.78, 5) is 33.5. The molecular weight excluding hydrogens is 508 g/mol. The Bertz CT molecular complexity index is 1600. The van der Waals surface area contributed by atoms with Crippen LogP contribution in [0.15, 0.2) is 82.6 Å². The van der Waals surface area contributed by atoms with Crippen LogP contribution in [-0.4, -0.2) is 36.4 Å². The minimum atomic E-state index is -0.916.